The zero-order valence-corrected chi connectivity index (χ0v) is 12.2. The molecule has 1 aliphatic carbocycles. The number of nitrogens with zero attached hydrogens (tertiary/aromatic N) is 2. The number of piperidine rings is 1. The Morgan fingerprint density at radius 3 is 2.90 bits per heavy atom. The highest BCUT2D eigenvalue weighted by Crippen LogP contribution is 2.40. The fourth-order valence-corrected chi connectivity index (χ4v) is 2.76. The van der Waals surface area contributed by atoms with Crippen LogP contribution in [0.2, 0.25) is 0 Å². The van der Waals surface area contributed by atoms with E-state index < -0.39 is 6.04 Å². The Bertz CT molecular complexity index is 536. The summed E-state index contributed by atoms with van der Waals surface area (Å²) in [6, 6.07) is 1.23. The number of hydrogen-bond donors (Lipinski definition) is 0. The number of carbonyl (C=O) groups excluding carboxylic acids is 2. The molecule has 1 amide bonds. The molecule has 1 aromatic heterocycles. The van der Waals surface area contributed by atoms with Crippen LogP contribution in [0, 0.1) is 0 Å². The van der Waals surface area contributed by atoms with E-state index in [1.54, 1.807) is 17.9 Å². The first-order chi connectivity index (χ1) is 10.2. The van der Waals surface area contributed by atoms with Crippen LogP contribution in [0.5, 0.6) is 0 Å². The van der Waals surface area contributed by atoms with Crippen molar-refractivity contribution in [3.05, 3.63) is 17.5 Å². The average Bonchev–Trinajstić information content (AvgIpc) is 3.24. The van der Waals surface area contributed by atoms with Crippen molar-refractivity contribution in [2.45, 2.75) is 51.0 Å². The summed E-state index contributed by atoms with van der Waals surface area (Å²) in [7, 11) is 0. The van der Waals surface area contributed by atoms with Crippen LogP contribution in [0.25, 0.3) is 0 Å². The molecule has 6 nitrogen and oxygen atoms in total. The summed E-state index contributed by atoms with van der Waals surface area (Å²) in [5.41, 5.74) is 0.299. The number of carbonyl (C=O) groups is 2. The molecule has 1 atom stereocenters. The first kappa shape index (κ1) is 14.1. The Kier molecular flexibility index (Phi) is 3.94. The zero-order chi connectivity index (χ0) is 14.8. The summed E-state index contributed by atoms with van der Waals surface area (Å²) in [5.74, 6) is 0.643. The Balaban J connectivity index is 1.74. The number of esters is 1. The van der Waals surface area contributed by atoms with Crippen molar-refractivity contribution < 1.29 is 18.8 Å². The third-order valence-corrected chi connectivity index (χ3v) is 4.05. The lowest BCUT2D eigenvalue weighted by Crippen LogP contribution is -2.48. The van der Waals surface area contributed by atoms with Crippen molar-refractivity contribution in [1.82, 2.24) is 10.1 Å². The van der Waals surface area contributed by atoms with Gasteiger partial charge in [0.15, 0.2) is 5.69 Å². The molecule has 1 saturated carbocycles. The SMILES string of the molecule is CCOC(=O)C1CCCCN1C(=O)c1cc(C2CC2)on1. The monoisotopic (exact) mass is 292 g/mol. The van der Waals surface area contributed by atoms with Gasteiger partial charge in [-0.2, -0.15) is 0 Å². The third-order valence-electron chi connectivity index (χ3n) is 4.05. The summed E-state index contributed by atoms with van der Waals surface area (Å²) >= 11 is 0. The molecule has 0 bridgehead atoms. The average molecular weight is 292 g/mol. The van der Waals surface area contributed by atoms with E-state index in [0.29, 0.717) is 31.2 Å². The molecule has 2 aliphatic rings. The second kappa shape index (κ2) is 5.87. The van der Waals surface area contributed by atoms with Crippen LogP contribution < -0.4 is 0 Å². The largest absolute Gasteiger partial charge is 0.464 e. The van der Waals surface area contributed by atoms with Gasteiger partial charge in [0, 0.05) is 18.5 Å². The van der Waals surface area contributed by atoms with Crippen LogP contribution in [-0.4, -0.2) is 41.1 Å². The van der Waals surface area contributed by atoms with Crippen molar-refractivity contribution in [1.29, 1.82) is 0 Å². The van der Waals surface area contributed by atoms with Gasteiger partial charge < -0.3 is 14.2 Å². The molecule has 0 radical (unpaired) electrons. The van der Waals surface area contributed by atoms with Crippen LogP contribution in [0.3, 0.4) is 0 Å². The van der Waals surface area contributed by atoms with Crippen molar-refractivity contribution in [2.75, 3.05) is 13.2 Å². The molecule has 2 fully saturated rings. The fraction of sp³-hybridized carbons (Fsp3) is 0.667. The fourth-order valence-electron chi connectivity index (χ4n) is 2.76. The van der Waals surface area contributed by atoms with Crippen LogP contribution in [0.1, 0.15) is 61.2 Å². The minimum atomic E-state index is -0.493. The van der Waals surface area contributed by atoms with E-state index >= 15 is 0 Å². The molecule has 6 heteroatoms. The molecule has 1 aliphatic heterocycles. The number of amides is 1. The molecule has 21 heavy (non-hydrogen) atoms. The molecular formula is C15H20N2O4. The molecule has 0 aromatic carbocycles. The first-order valence-corrected chi connectivity index (χ1v) is 7.65. The van der Waals surface area contributed by atoms with Gasteiger partial charge in [-0.15, -0.1) is 0 Å². The predicted octanol–water partition coefficient (Wildman–Crippen LogP) is 2.11. The van der Waals surface area contributed by atoms with E-state index in [2.05, 4.69) is 5.16 Å². The maximum Gasteiger partial charge on any atom is 0.328 e. The summed E-state index contributed by atoms with van der Waals surface area (Å²) in [6.07, 6.45) is 4.67. The molecule has 114 valence electrons. The number of ether oxygens (including phenoxy) is 1. The molecule has 2 heterocycles. The lowest BCUT2D eigenvalue weighted by Gasteiger charge is -2.33. The normalized spacial score (nSPS) is 22.1. The first-order valence-electron chi connectivity index (χ1n) is 7.65. The van der Waals surface area contributed by atoms with Gasteiger partial charge in [0.2, 0.25) is 0 Å². The highest BCUT2D eigenvalue weighted by Gasteiger charge is 2.36. The van der Waals surface area contributed by atoms with Crippen molar-refractivity contribution in [2.24, 2.45) is 0 Å². The highest BCUT2D eigenvalue weighted by molar-refractivity contribution is 5.95. The van der Waals surface area contributed by atoms with Crippen LogP contribution in [0.4, 0.5) is 0 Å². The molecule has 1 saturated heterocycles. The van der Waals surface area contributed by atoms with Crippen LogP contribution >= 0.6 is 0 Å². The van der Waals surface area contributed by atoms with Gasteiger partial charge in [-0.3, -0.25) is 4.79 Å². The quantitative estimate of drug-likeness (QED) is 0.795. The van der Waals surface area contributed by atoms with Crippen LogP contribution in [0.15, 0.2) is 10.6 Å². The summed E-state index contributed by atoms with van der Waals surface area (Å²) in [6.45, 7) is 2.66. The molecule has 0 spiro atoms. The minimum Gasteiger partial charge on any atom is -0.464 e. The number of rotatable bonds is 4. The minimum absolute atomic E-state index is 0.233. The van der Waals surface area contributed by atoms with Gasteiger partial charge in [0.25, 0.3) is 5.91 Å². The van der Waals surface area contributed by atoms with Gasteiger partial charge in [-0.25, -0.2) is 4.79 Å². The Labute approximate surface area is 123 Å². The Morgan fingerprint density at radius 1 is 1.38 bits per heavy atom. The summed E-state index contributed by atoms with van der Waals surface area (Å²) in [4.78, 5) is 26.2. The van der Waals surface area contributed by atoms with Gasteiger partial charge in [0.1, 0.15) is 11.8 Å². The zero-order valence-electron chi connectivity index (χ0n) is 12.2. The molecule has 1 aromatic rings. The van der Waals surface area contributed by atoms with Crippen molar-refractivity contribution in [3.8, 4) is 0 Å². The van der Waals surface area contributed by atoms with Crippen LogP contribution in [-0.2, 0) is 9.53 Å². The number of hydrogen-bond acceptors (Lipinski definition) is 5. The van der Waals surface area contributed by atoms with E-state index in [1.807, 2.05) is 0 Å². The Morgan fingerprint density at radius 2 is 2.19 bits per heavy atom. The second-order valence-electron chi connectivity index (χ2n) is 5.65. The molecule has 3 rings (SSSR count). The van der Waals surface area contributed by atoms with Gasteiger partial charge >= 0.3 is 5.97 Å². The molecule has 0 N–H and O–H groups in total. The van der Waals surface area contributed by atoms with E-state index in [4.69, 9.17) is 9.26 Å². The molecular weight excluding hydrogens is 272 g/mol. The number of aromatic nitrogens is 1. The van der Waals surface area contributed by atoms with Gasteiger partial charge in [-0.1, -0.05) is 5.16 Å². The van der Waals surface area contributed by atoms with E-state index in [1.165, 1.54) is 0 Å². The maximum absolute atomic E-state index is 12.6. The smallest absolute Gasteiger partial charge is 0.328 e. The lowest BCUT2D eigenvalue weighted by molar-refractivity contribution is -0.149. The Hall–Kier alpha value is -1.85. The second-order valence-corrected chi connectivity index (χ2v) is 5.65. The van der Waals surface area contributed by atoms with Crippen molar-refractivity contribution in [3.63, 3.8) is 0 Å². The van der Waals surface area contributed by atoms with E-state index in [9.17, 15) is 9.59 Å². The maximum atomic E-state index is 12.6. The number of likely N-dealkylation sites (tertiary alicyclic amines) is 1. The predicted molar refractivity (Wildman–Crippen MR) is 73.8 cm³/mol. The topological polar surface area (TPSA) is 72.6 Å². The van der Waals surface area contributed by atoms with Gasteiger partial charge in [0.05, 0.1) is 6.61 Å². The highest BCUT2D eigenvalue weighted by atomic mass is 16.5. The van der Waals surface area contributed by atoms with E-state index in [-0.39, 0.29) is 11.9 Å². The third kappa shape index (κ3) is 2.94. The summed E-state index contributed by atoms with van der Waals surface area (Å²) < 4.78 is 10.3. The van der Waals surface area contributed by atoms with Gasteiger partial charge in [-0.05, 0) is 39.0 Å². The summed E-state index contributed by atoms with van der Waals surface area (Å²) in [5, 5.41) is 3.87. The van der Waals surface area contributed by atoms with E-state index in [0.717, 1.165) is 31.4 Å². The standard InChI is InChI=1S/C15H20N2O4/c1-2-20-15(19)12-5-3-4-8-17(12)14(18)11-9-13(21-16-11)10-6-7-10/h9-10,12H,2-8H2,1H3. The molecule has 1 unspecified atom stereocenters. The van der Waals surface area contributed by atoms with Crippen molar-refractivity contribution >= 4 is 11.9 Å². The lowest BCUT2D eigenvalue weighted by atomic mass is 10.0.